The van der Waals surface area contributed by atoms with Crippen LogP contribution in [-0.2, 0) is 11.2 Å². The summed E-state index contributed by atoms with van der Waals surface area (Å²) in [6.07, 6.45) is 2.60. The highest BCUT2D eigenvalue weighted by atomic mass is 16.5. The van der Waals surface area contributed by atoms with Gasteiger partial charge >= 0.3 is 0 Å². The first-order chi connectivity index (χ1) is 12.6. The number of hydrazone groups is 1. The summed E-state index contributed by atoms with van der Waals surface area (Å²) in [5, 5.41) is 17.5. The van der Waals surface area contributed by atoms with Crippen LogP contribution in [0.2, 0.25) is 0 Å². The van der Waals surface area contributed by atoms with E-state index in [1.165, 1.54) is 0 Å². The fourth-order valence-corrected chi connectivity index (χ4v) is 3.14. The number of phenols is 1. The predicted octanol–water partition coefficient (Wildman–Crippen LogP) is 2.98. The van der Waals surface area contributed by atoms with Crippen LogP contribution in [0.15, 0.2) is 41.5 Å². The van der Waals surface area contributed by atoms with E-state index in [1.807, 2.05) is 37.3 Å². The molecule has 6 heteroatoms. The lowest BCUT2D eigenvalue weighted by atomic mass is 9.86. The molecule has 2 aromatic rings. The number of amides is 1. The lowest BCUT2D eigenvalue weighted by molar-refractivity contribution is -0.119. The highest BCUT2D eigenvalue weighted by Gasteiger charge is 2.21. The Morgan fingerprint density at radius 2 is 2.12 bits per heavy atom. The summed E-state index contributed by atoms with van der Waals surface area (Å²) in [5.41, 5.74) is 7.11. The van der Waals surface area contributed by atoms with Gasteiger partial charge in [-0.2, -0.15) is 5.10 Å². The van der Waals surface area contributed by atoms with E-state index in [-0.39, 0.29) is 18.2 Å². The minimum atomic E-state index is -0.250. The molecule has 0 aliphatic heterocycles. The minimum Gasteiger partial charge on any atom is -0.507 e. The van der Waals surface area contributed by atoms with E-state index in [4.69, 9.17) is 4.74 Å². The van der Waals surface area contributed by atoms with Crippen LogP contribution in [0.4, 0.5) is 5.69 Å². The van der Waals surface area contributed by atoms with Crippen molar-refractivity contribution in [3.05, 3.63) is 53.1 Å². The van der Waals surface area contributed by atoms with Crippen LogP contribution in [0.25, 0.3) is 0 Å². The van der Waals surface area contributed by atoms with Gasteiger partial charge in [-0.25, -0.2) is 5.43 Å². The molecule has 0 spiro atoms. The number of hydrogen-bond donors (Lipinski definition) is 3. The summed E-state index contributed by atoms with van der Waals surface area (Å²) < 4.78 is 5.16. The van der Waals surface area contributed by atoms with Crippen LogP contribution >= 0.6 is 0 Å². The molecular weight excluding hydrogens is 330 g/mol. The summed E-state index contributed by atoms with van der Waals surface area (Å²) in [6.45, 7) is 2.12. The van der Waals surface area contributed by atoms with Gasteiger partial charge < -0.3 is 15.2 Å². The van der Waals surface area contributed by atoms with E-state index in [9.17, 15) is 9.90 Å². The zero-order valence-electron chi connectivity index (χ0n) is 15.0. The number of ether oxygens (including phenoxy) is 1. The number of aryl methyl sites for hydroxylation is 1. The van der Waals surface area contributed by atoms with Gasteiger partial charge in [0.2, 0.25) is 0 Å². The van der Waals surface area contributed by atoms with Gasteiger partial charge in [0.1, 0.15) is 11.5 Å². The number of carbonyl (C=O) groups is 1. The SMILES string of the molecule is COc1cccc(NCC(=O)N/N=C2\CCCc3c(C)ccc(O)c32)c1. The first-order valence-electron chi connectivity index (χ1n) is 8.63. The monoisotopic (exact) mass is 353 g/mol. The van der Waals surface area contributed by atoms with Gasteiger partial charge in [0.25, 0.3) is 5.91 Å². The molecular formula is C20H23N3O3. The average Bonchev–Trinajstić information content (AvgIpc) is 2.67. The van der Waals surface area contributed by atoms with Crippen molar-refractivity contribution in [1.29, 1.82) is 0 Å². The van der Waals surface area contributed by atoms with E-state index in [1.54, 1.807) is 13.2 Å². The minimum absolute atomic E-state index is 0.0939. The molecule has 1 amide bonds. The zero-order valence-corrected chi connectivity index (χ0v) is 15.0. The second-order valence-electron chi connectivity index (χ2n) is 6.29. The molecule has 0 heterocycles. The number of fused-ring (bicyclic) bond motifs is 1. The van der Waals surface area contributed by atoms with E-state index < -0.39 is 0 Å². The fourth-order valence-electron chi connectivity index (χ4n) is 3.14. The summed E-state index contributed by atoms with van der Waals surface area (Å²) in [7, 11) is 1.60. The van der Waals surface area contributed by atoms with E-state index in [0.29, 0.717) is 0 Å². The van der Waals surface area contributed by atoms with Gasteiger partial charge in [-0.1, -0.05) is 12.1 Å². The molecule has 0 atom stereocenters. The third kappa shape index (κ3) is 3.96. The zero-order chi connectivity index (χ0) is 18.5. The Morgan fingerprint density at radius 1 is 1.27 bits per heavy atom. The number of carbonyl (C=O) groups excluding carboxylic acids is 1. The molecule has 0 saturated heterocycles. The van der Waals surface area contributed by atoms with Crippen molar-refractivity contribution >= 4 is 17.3 Å². The molecule has 26 heavy (non-hydrogen) atoms. The van der Waals surface area contributed by atoms with Crippen molar-refractivity contribution in [3.63, 3.8) is 0 Å². The molecule has 3 N–H and O–H groups in total. The fraction of sp³-hybridized carbons (Fsp3) is 0.300. The molecule has 3 rings (SSSR count). The Labute approximate surface area is 152 Å². The molecule has 1 aliphatic carbocycles. The van der Waals surface area contributed by atoms with Crippen molar-refractivity contribution in [2.45, 2.75) is 26.2 Å². The Kier molecular flexibility index (Phi) is 5.41. The highest BCUT2D eigenvalue weighted by molar-refractivity contribution is 6.05. The van der Waals surface area contributed by atoms with Crippen LogP contribution in [0, 0.1) is 6.92 Å². The molecule has 0 unspecified atom stereocenters. The van der Waals surface area contributed by atoms with Gasteiger partial charge in [-0.3, -0.25) is 4.79 Å². The Balaban J connectivity index is 1.65. The third-order valence-corrected chi connectivity index (χ3v) is 4.49. The van der Waals surface area contributed by atoms with Crippen molar-refractivity contribution in [1.82, 2.24) is 5.43 Å². The largest absolute Gasteiger partial charge is 0.507 e. The van der Waals surface area contributed by atoms with Crippen LogP contribution in [0.3, 0.4) is 0 Å². The van der Waals surface area contributed by atoms with Gasteiger partial charge in [0.15, 0.2) is 0 Å². The average molecular weight is 353 g/mol. The summed E-state index contributed by atoms with van der Waals surface area (Å²) >= 11 is 0. The van der Waals surface area contributed by atoms with Gasteiger partial charge in [0.05, 0.1) is 19.4 Å². The second kappa shape index (κ2) is 7.91. The quantitative estimate of drug-likeness (QED) is 0.722. The van der Waals surface area contributed by atoms with Crippen LogP contribution in [0.5, 0.6) is 11.5 Å². The summed E-state index contributed by atoms with van der Waals surface area (Å²) in [5.74, 6) is 0.688. The Bertz CT molecular complexity index is 846. The number of rotatable bonds is 5. The van der Waals surface area contributed by atoms with Gasteiger partial charge in [0, 0.05) is 17.3 Å². The maximum Gasteiger partial charge on any atom is 0.259 e. The smallest absolute Gasteiger partial charge is 0.259 e. The normalized spacial score (nSPS) is 14.6. The van der Waals surface area contributed by atoms with Crippen LogP contribution in [0.1, 0.15) is 29.5 Å². The molecule has 0 fully saturated rings. The number of anilines is 1. The first kappa shape index (κ1) is 17.8. The van der Waals surface area contributed by atoms with Gasteiger partial charge in [-0.15, -0.1) is 0 Å². The summed E-state index contributed by atoms with van der Waals surface area (Å²) in [6, 6.07) is 11.0. The summed E-state index contributed by atoms with van der Waals surface area (Å²) in [4.78, 5) is 12.1. The van der Waals surface area contributed by atoms with Crippen LogP contribution in [-0.4, -0.2) is 30.4 Å². The number of nitrogens with one attached hydrogen (secondary N) is 2. The third-order valence-electron chi connectivity index (χ3n) is 4.49. The van der Waals surface area contributed by atoms with Gasteiger partial charge in [-0.05, 0) is 55.5 Å². The predicted molar refractivity (Wildman–Crippen MR) is 102 cm³/mol. The number of benzene rings is 2. The number of hydrogen-bond acceptors (Lipinski definition) is 5. The van der Waals surface area contributed by atoms with Crippen molar-refractivity contribution in [2.24, 2.45) is 5.10 Å². The molecule has 136 valence electrons. The van der Waals surface area contributed by atoms with Crippen molar-refractivity contribution < 1.29 is 14.6 Å². The number of aromatic hydroxyl groups is 1. The Morgan fingerprint density at radius 3 is 2.92 bits per heavy atom. The van der Waals surface area contributed by atoms with E-state index in [2.05, 4.69) is 15.8 Å². The van der Waals surface area contributed by atoms with Crippen molar-refractivity contribution in [2.75, 3.05) is 19.0 Å². The first-order valence-corrected chi connectivity index (χ1v) is 8.63. The maximum absolute atomic E-state index is 12.1. The number of nitrogens with zero attached hydrogens (tertiary/aromatic N) is 1. The molecule has 0 bridgehead atoms. The molecule has 6 nitrogen and oxygen atoms in total. The standard InChI is InChI=1S/C20H23N3O3/c1-13-9-10-18(24)20-16(13)7-4-8-17(20)22-23-19(25)12-21-14-5-3-6-15(11-14)26-2/h3,5-6,9-11,21,24H,4,7-8,12H2,1-2H3,(H,23,25)/b22-17+. The molecule has 0 radical (unpaired) electrons. The Hall–Kier alpha value is -3.02. The van der Waals surface area contributed by atoms with E-state index in [0.717, 1.165) is 53.1 Å². The molecule has 2 aromatic carbocycles. The second-order valence-corrected chi connectivity index (χ2v) is 6.29. The number of methoxy groups -OCH3 is 1. The topological polar surface area (TPSA) is 83.0 Å². The van der Waals surface area contributed by atoms with Crippen molar-refractivity contribution in [3.8, 4) is 11.5 Å². The van der Waals surface area contributed by atoms with E-state index >= 15 is 0 Å². The maximum atomic E-state index is 12.1. The lowest BCUT2D eigenvalue weighted by Gasteiger charge is -2.21. The lowest BCUT2D eigenvalue weighted by Crippen LogP contribution is -2.28. The number of phenolic OH excluding ortho intramolecular Hbond substituents is 1. The molecule has 0 aromatic heterocycles. The molecule has 0 saturated carbocycles. The van der Waals surface area contributed by atoms with Crippen LogP contribution < -0.4 is 15.5 Å². The molecule has 1 aliphatic rings. The highest BCUT2D eigenvalue weighted by Crippen LogP contribution is 2.31.